The Morgan fingerprint density at radius 2 is 1.20 bits per heavy atom. The number of hydrogen-bond acceptors (Lipinski definition) is 8. The molecule has 44 heavy (non-hydrogen) atoms. The number of rotatable bonds is 16. The maximum absolute atomic E-state index is 11.1. The highest BCUT2D eigenvalue weighted by Gasteiger charge is 2.11. The van der Waals surface area contributed by atoms with Gasteiger partial charge in [-0.15, -0.1) is 5.11 Å². The van der Waals surface area contributed by atoms with E-state index in [1.165, 1.54) is 24.9 Å². The Labute approximate surface area is 270 Å². The molecule has 0 atom stereocenters. The van der Waals surface area contributed by atoms with E-state index in [-0.39, 0.29) is 5.97 Å². The lowest BCUT2D eigenvalue weighted by atomic mass is 10.1. The van der Waals surface area contributed by atoms with Crippen molar-refractivity contribution in [2.75, 3.05) is 31.2 Å². The Kier molecular flexibility index (Phi) is 13.9. The zero-order valence-electron chi connectivity index (χ0n) is 25.4. The van der Waals surface area contributed by atoms with Crippen LogP contribution in [-0.2, 0) is 9.53 Å². The first kappa shape index (κ1) is 33.4. The van der Waals surface area contributed by atoms with Crippen LogP contribution in [0.15, 0.2) is 81.1 Å². The number of ether oxygens (including phenoxy) is 2. The molecule has 0 bridgehead atoms. The third-order valence-electron chi connectivity index (χ3n) is 7.32. The second-order valence-electron chi connectivity index (χ2n) is 10.8. The maximum atomic E-state index is 11.1. The van der Waals surface area contributed by atoms with Crippen molar-refractivity contribution in [2.45, 2.75) is 71.1 Å². The summed E-state index contributed by atoms with van der Waals surface area (Å²) in [6.45, 7) is 5.13. The Hall–Kier alpha value is -3.49. The zero-order valence-corrected chi connectivity index (χ0v) is 26.9. The lowest BCUT2D eigenvalue weighted by molar-refractivity contribution is -0.143. The van der Waals surface area contributed by atoms with E-state index in [4.69, 9.17) is 32.7 Å². The summed E-state index contributed by atoms with van der Waals surface area (Å²) in [7, 11) is 0. The van der Waals surface area contributed by atoms with Crippen LogP contribution in [0, 0.1) is 0 Å². The molecule has 1 aliphatic heterocycles. The lowest BCUT2D eigenvalue weighted by Gasteiger charge is -2.28. The quantitative estimate of drug-likeness (QED) is 0.0887. The van der Waals surface area contributed by atoms with Gasteiger partial charge >= 0.3 is 5.97 Å². The second-order valence-corrected chi connectivity index (χ2v) is 11.6. The molecule has 0 radical (unpaired) electrons. The minimum atomic E-state index is -0.131. The van der Waals surface area contributed by atoms with E-state index >= 15 is 0 Å². The van der Waals surface area contributed by atoms with E-state index in [0.29, 0.717) is 46.8 Å². The van der Waals surface area contributed by atoms with E-state index in [0.717, 1.165) is 63.0 Å². The highest BCUT2D eigenvalue weighted by Crippen LogP contribution is 2.38. The number of azo groups is 2. The minimum absolute atomic E-state index is 0.131. The van der Waals surface area contributed by atoms with Crippen LogP contribution in [0.1, 0.15) is 71.1 Å². The standard InChI is InChI=1S/C34H41Cl2N5O3/c1-2-33(42)44-23-11-6-4-3-5-10-22-43-30-24-31(35)34(32(36)25-30)40-39-27-14-12-26(13-15-27)37-38-28-16-18-29(19-17-28)41-20-8-7-9-21-41/h12-19,24-25H,2-11,20-23H2,1H3. The van der Waals surface area contributed by atoms with E-state index < -0.39 is 0 Å². The number of esters is 1. The predicted molar refractivity (Wildman–Crippen MR) is 178 cm³/mol. The van der Waals surface area contributed by atoms with Crippen LogP contribution in [-0.4, -0.2) is 32.3 Å². The first-order valence-electron chi connectivity index (χ1n) is 15.6. The summed E-state index contributed by atoms with van der Waals surface area (Å²) in [5, 5.41) is 18.0. The minimum Gasteiger partial charge on any atom is -0.493 e. The van der Waals surface area contributed by atoms with Gasteiger partial charge in [0.1, 0.15) is 11.4 Å². The van der Waals surface area contributed by atoms with E-state index in [9.17, 15) is 4.79 Å². The van der Waals surface area contributed by atoms with Gasteiger partial charge in [-0.3, -0.25) is 4.79 Å². The summed E-state index contributed by atoms with van der Waals surface area (Å²) < 4.78 is 10.9. The van der Waals surface area contributed by atoms with Crippen molar-refractivity contribution in [3.8, 4) is 5.75 Å². The van der Waals surface area contributed by atoms with Gasteiger partial charge in [0.15, 0.2) is 0 Å². The second kappa shape index (κ2) is 18.3. The normalized spacial score (nSPS) is 13.6. The van der Waals surface area contributed by atoms with Crippen LogP contribution in [0.4, 0.5) is 28.4 Å². The number of benzene rings is 3. The van der Waals surface area contributed by atoms with Gasteiger partial charge in [0, 0.05) is 37.3 Å². The monoisotopic (exact) mass is 637 g/mol. The first-order chi connectivity index (χ1) is 21.5. The molecule has 1 fully saturated rings. The molecule has 0 aliphatic carbocycles. The largest absolute Gasteiger partial charge is 0.493 e. The van der Waals surface area contributed by atoms with E-state index in [1.807, 2.05) is 36.4 Å². The van der Waals surface area contributed by atoms with Crippen LogP contribution in [0.2, 0.25) is 10.0 Å². The molecule has 1 heterocycles. The molecule has 0 amide bonds. The molecule has 0 spiro atoms. The van der Waals surface area contributed by atoms with Crippen molar-refractivity contribution >= 4 is 57.6 Å². The van der Waals surface area contributed by atoms with Crippen LogP contribution in [0.5, 0.6) is 5.75 Å². The molecule has 1 aliphatic rings. The summed E-state index contributed by atoms with van der Waals surface area (Å²) in [6, 6.07) is 19.0. The molecule has 3 aromatic carbocycles. The van der Waals surface area contributed by atoms with Crippen molar-refractivity contribution in [1.29, 1.82) is 0 Å². The van der Waals surface area contributed by atoms with E-state index in [1.54, 1.807) is 19.1 Å². The fourth-order valence-corrected chi connectivity index (χ4v) is 5.34. The van der Waals surface area contributed by atoms with Gasteiger partial charge in [-0.1, -0.05) is 55.8 Å². The molecule has 0 aromatic heterocycles. The third-order valence-corrected chi connectivity index (χ3v) is 7.89. The van der Waals surface area contributed by atoms with Crippen LogP contribution < -0.4 is 9.64 Å². The fraction of sp³-hybridized carbons (Fsp3) is 0.441. The Bertz CT molecular complexity index is 1350. The first-order valence-corrected chi connectivity index (χ1v) is 16.3. The van der Waals surface area contributed by atoms with Gasteiger partial charge in [-0.25, -0.2) is 0 Å². The number of piperidine rings is 1. The molecular formula is C34H41Cl2N5O3. The van der Waals surface area contributed by atoms with Crippen LogP contribution in [0.3, 0.4) is 0 Å². The molecule has 10 heteroatoms. The summed E-state index contributed by atoms with van der Waals surface area (Å²) in [5.74, 6) is 0.473. The molecule has 1 saturated heterocycles. The Balaban J connectivity index is 1.18. The highest BCUT2D eigenvalue weighted by molar-refractivity contribution is 6.38. The van der Waals surface area contributed by atoms with Gasteiger partial charge in [-0.2, -0.15) is 15.3 Å². The SMILES string of the molecule is CCC(=O)OCCCCCCCCOc1cc(Cl)c(N=Nc2ccc(N=Nc3ccc(N4CCCCC4)cc3)cc2)c(Cl)c1. The molecule has 0 saturated carbocycles. The van der Waals surface area contributed by atoms with Crippen LogP contribution in [0.25, 0.3) is 0 Å². The van der Waals surface area contributed by atoms with Crippen LogP contribution >= 0.6 is 23.2 Å². The third kappa shape index (κ3) is 11.2. The van der Waals surface area contributed by atoms with E-state index in [2.05, 4.69) is 37.5 Å². The number of halogens is 2. The molecule has 3 aromatic rings. The summed E-state index contributed by atoms with van der Waals surface area (Å²) >= 11 is 12.9. The molecule has 8 nitrogen and oxygen atoms in total. The van der Waals surface area contributed by atoms with Gasteiger partial charge in [0.25, 0.3) is 0 Å². The van der Waals surface area contributed by atoms with Crippen molar-refractivity contribution in [3.63, 3.8) is 0 Å². The van der Waals surface area contributed by atoms with Gasteiger partial charge in [0.2, 0.25) is 0 Å². The summed E-state index contributed by atoms with van der Waals surface area (Å²) in [5.41, 5.74) is 3.80. The number of carbonyl (C=O) groups is 1. The van der Waals surface area contributed by atoms with Crippen molar-refractivity contribution in [1.82, 2.24) is 0 Å². The predicted octanol–water partition coefficient (Wildman–Crippen LogP) is 11.5. The zero-order chi connectivity index (χ0) is 31.0. The number of hydrogen-bond donors (Lipinski definition) is 0. The average Bonchev–Trinajstić information content (AvgIpc) is 3.05. The van der Waals surface area contributed by atoms with Gasteiger partial charge < -0.3 is 14.4 Å². The molecule has 0 unspecified atom stereocenters. The topological polar surface area (TPSA) is 88.2 Å². The lowest BCUT2D eigenvalue weighted by Crippen LogP contribution is -2.29. The molecule has 4 rings (SSSR count). The summed E-state index contributed by atoms with van der Waals surface area (Å²) in [6.07, 6.45) is 10.4. The van der Waals surface area contributed by atoms with Crippen molar-refractivity contribution in [3.05, 3.63) is 70.7 Å². The number of anilines is 1. The van der Waals surface area contributed by atoms with Gasteiger partial charge in [-0.05, 0) is 80.6 Å². The van der Waals surface area contributed by atoms with Gasteiger partial charge in [0.05, 0.1) is 40.3 Å². The fourth-order valence-electron chi connectivity index (χ4n) is 4.80. The van der Waals surface area contributed by atoms with Crippen molar-refractivity contribution < 1.29 is 14.3 Å². The number of carbonyl (C=O) groups excluding carboxylic acids is 1. The maximum Gasteiger partial charge on any atom is 0.305 e. The Morgan fingerprint density at radius 3 is 1.77 bits per heavy atom. The number of nitrogens with zero attached hydrogens (tertiary/aromatic N) is 5. The molecule has 234 valence electrons. The number of unbranched alkanes of at least 4 members (excludes halogenated alkanes) is 5. The summed E-state index contributed by atoms with van der Waals surface area (Å²) in [4.78, 5) is 13.5. The highest BCUT2D eigenvalue weighted by atomic mass is 35.5. The van der Waals surface area contributed by atoms with Crippen molar-refractivity contribution in [2.24, 2.45) is 20.5 Å². The molecule has 0 N–H and O–H groups in total. The Morgan fingerprint density at radius 1 is 0.705 bits per heavy atom. The average molecular weight is 639 g/mol. The molecular weight excluding hydrogens is 597 g/mol. The smallest absolute Gasteiger partial charge is 0.305 e.